The number of aliphatic hydroxyl groups is 1. The van der Waals surface area contributed by atoms with Gasteiger partial charge in [-0.05, 0) is 36.8 Å². The van der Waals surface area contributed by atoms with Crippen molar-refractivity contribution in [2.24, 2.45) is 0 Å². The fourth-order valence-corrected chi connectivity index (χ4v) is 4.81. The number of likely N-dealkylation sites (tertiary alicyclic amines) is 1. The third kappa shape index (κ3) is 4.76. The lowest BCUT2D eigenvalue weighted by Crippen LogP contribution is -2.42. The van der Waals surface area contributed by atoms with Crippen molar-refractivity contribution in [3.05, 3.63) is 58.7 Å². The average Bonchev–Trinajstić information content (AvgIpc) is 3.16. The van der Waals surface area contributed by atoms with E-state index in [2.05, 4.69) is 4.90 Å². The number of para-hydroxylation sites is 1. The normalized spacial score (nSPS) is 20.0. The Morgan fingerprint density at radius 3 is 2.42 bits per heavy atom. The smallest absolute Gasteiger partial charge is 0.295 e. The summed E-state index contributed by atoms with van der Waals surface area (Å²) in [5.41, 5.74) is 1.74. The SMILES string of the molecule is COc1ccc(/C(O)=C2\C(=O)C(=O)N(CCN3CCOCC3)C2c2cccc(OC)c2OC)c(C)c1. The number of nitrogens with zero attached hydrogens (tertiary/aromatic N) is 2. The molecule has 2 aromatic rings. The van der Waals surface area contributed by atoms with Crippen LogP contribution >= 0.6 is 0 Å². The number of hydrogen-bond acceptors (Lipinski definition) is 8. The van der Waals surface area contributed by atoms with E-state index < -0.39 is 17.7 Å². The number of ketones is 1. The molecule has 2 saturated heterocycles. The zero-order valence-corrected chi connectivity index (χ0v) is 21.1. The van der Waals surface area contributed by atoms with Crippen LogP contribution in [0.1, 0.15) is 22.7 Å². The topological polar surface area (TPSA) is 97.8 Å². The molecule has 0 aromatic heterocycles. The summed E-state index contributed by atoms with van der Waals surface area (Å²) in [6.07, 6.45) is 0. The van der Waals surface area contributed by atoms with Crippen LogP contribution in [0.3, 0.4) is 0 Å². The molecular formula is C27H32N2O7. The van der Waals surface area contributed by atoms with E-state index in [1.165, 1.54) is 19.1 Å². The van der Waals surface area contributed by atoms with Crippen LogP contribution in [0.2, 0.25) is 0 Å². The van der Waals surface area contributed by atoms with E-state index in [0.29, 0.717) is 60.2 Å². The molecule has 192 valence electrons. The molecule has 0 bridgehead atoms. The van der Waals surface area contributed by atoms with Gasteiger partial charge in [-0.3, -0.25) is 14.5 Å². The lowest BCUT2D eigenvalue weighted by Gasteiger charge is -2.31. The third-order valence-electron chi connectivity index (χ3n) is 6.72. The maximum absolute atomic E-state index is 13.4. The Bertz CT molecular complexity index is 1170. The Labute approximate surface area is 210 Å². The fourth-order valence-electron chi connectivity index (χ4n) is 4.81. The van der Waals surface area contributed by atoms with Crippen molar-refractivity contribution < 1.29 is 33.6 Å². The first kappa shape index (κ1) is 25.5. The van der Waals surface area contributed by atoms with Gasteiger partial charge in [-0.25, -0.2) is 0 Å². The van der Waals surface area contributed by atoms with Crippen molar-refractivity contribution >= 4 is 17.4 Å². The van der Waals surface area contributed by atoms with Gasteiger partial charge in [0.2, 0.25) is 0 Å². The average molecular weight is 497 g/mol. The van der Waals surface area contributed by atoms with Crippen LogP contribution in [0.4, 0.5) is 0 Å². The van der Waals surface area contributed by atoms with Crippen molar-refractivity contribution in [1.82, 2.24) is 9.80 Å². The Kier molecular flexibility index (Phi) is 7.81. The third-order valence-corrected chi connectivity index (χ3v) is 6.72. The van der Waals surface area contributed by atoms with Crippen LogP contribution in [0.25, 0.3) is 5.76 Å². The van der Waals surface area contributed by atoms with Crippen LogP contribution in [-0.4, -0.2) is 87.3 Å². The lowest BCUT2D eigenvalue weighted by molar-refractivity contribution is -0.140. The molecule has 0 radical (unpaired) electrons. The summed E-state index contributed by atoms with van der Waals surface area (Å²) in [6.45, 7) is 5.44. The first-order chi connectivity index (χ1) is 17.4. The monoisotopic (exact) mass is 496 g/mol. The van der Waals surface area contributed by atoms with Gasteiger partial charge >= 0.3 is 0 Å². The van der Waals surface area contributed by atoms with Crippen LogP contribution in [-0.2, 0) is 14.3 Å². The second-order valence-electron chi connectivity index (χ2n) is 8.71. The molecule has 2 aliphatic rings. The van der Waals surface area contributed by atoms with Gasteiger partial charge in [-0.1, -0.05) is 12.1 Å². The molecule has 9 heteroatoms. The Hall–Kier alpha value is -3.56. The van der Waals surface area contributed by atoms with E-state index in [1.807, 2.05) is 6.92 Å². The summed E-state index contributed by atoms with van der Waals surface area (Å²) in [4.78, 5) is 30.5. The Morgan fingerprint density at radius 1 is 1.03 bits per heavy atom. The van der Waals surface area contributed by atoms with Gasteiger partial charge in [0.05, 0.1) is 46.2 Å². The van der Waals surface area contributed by atoms with Gasteiger partial charge < -0.3 is 29.0 Å². The Morgan fingerprint density at radius 2 is 1.78 bits per heavy atom. The molecule has 1 amide bonds. The molecular weight excluding hydrogens is 464 g/mol. The number of aryl methyl sites for hydroxylation is 1. The predicted octanol–water partition coefficient (Wildman–Crippen LogP) is 2.77. The number of methoxy groups -OCH3 is 3. The largest absolute Gasteiger partial charge is 0.507 e. The van der Waals surface area contributed by atoms with Crippen LogP contribution in [0, 0.1) is 6.92 Å². The van der Waals surface area contributed by atoms with E-state index >= 15 is 0 Å². The molecule has 1 unspecified atom stereocenters. The molecule has 1 N–H and O–H groups in total. The molecule has 36 heavy (non-hydrogen) atoms. The van der Waals surface area contributed by atoms with Gasteiger partial charge in [0.15, 0.2) is 11.5 Å². The van der Waals surface area contributed by atoms with Crippen molar-refractivity contribution in [2.75, 3.05) is 60.7 Å². The predicted molar refractivity (Wildman–Crippen MR) is 134 cm³/mol. The highest BCUT2D eigenvalue weighted by atomic mass is 16.5. The second-order valence-corrected chi connectivity index (χ2v) is 8.71. The van der Waals surface area contributed by atoms with Crippen LogP contribution < -0.4 is 14.2 Å². The summed E-state index contributed by atoms with van der Waals surface area (Å²) in [6, 6.07) is 9.62. The molecule has 2 aliphatic heterocycles. The maximum Gasteiger partial charge on any atom is 0.295 e. The summed E-state index contributed by atoms with van der Waals surface area (Å²) < 4.78 is 21.8. The van der Waals surface area contributed by atoms with E-state index in [0.717, 1.165) is 13.1 Å². The van der Waals surface area contributed by atoms with Crippen molar-refractivity contribution in [3.63, 3.8) is 0 Å². The second kappa shape index (κ2) is 11.0. The minimum atomic E-state index is -0.849. The molecule has 0 spiro atoms. The van der Waals surface area contributed by atoms with Crippen molar-refractivity contribution in [3.8, 4) is 17.2 Å². The molecule has 4 rings (SSSR count). The highest BCUT2D eigenvalue weighted by Gasteiger charge is 2.47. The molecule has 9 nitrogen and oxygen atoms in total. The van der Waals surface area contributed by atoms with Gasteiger partial charge in [0.1, 0.15) is 11.5 Å². The van der Waals surface area contributed by atoms with E-state index in [1.54, 1.807) is 43.5 Å². The highest BCUT2D eigenvalue weighted by Crippen LogP contribution is 2.45. The van der Waals surface area contributed by atoms with Crippen molar-refractivity contribution in [2.45, 2.75) is 13.0 Å². The fraction of sp³-hybridized carbons (Fsp3) is 0.407. The summed E-state index contributed by atoms with van der Waals surface area (Å²) >= 11 is 0. The standard InChI is InChI=1S/C27H32N2O7/c1-17-16-18(33-2)8-9-19(17)24(30)22-23(20-6-5-7-21(34-3)26(20)35-4)29(27(32)25(22)31)11-10-28-12-14-36-15-13-28/h5-9,16,23,30H,10-15H2,1-4H3/b24-22+. The maximum atomic E-state index is 13.4. The van der Waals surface area contributed by atoms with Gasteiger partial charge in [-0.15, -0.1) is 0 Å². The number of ether oxygens (including phenoxy) is 4. The first-order valence-electron chi connectivity index (χ1n) is 11.9. The number of morpholine rings is 1. The number of aliphatic hydroxyl groups excluding tert-OH is 1. The van der Waals surface area contributed by atoms with Crippen LogP contribution in [0.15, 0.2) is 42.0 Å². The summed E-state index contributed by atoms with van der Waals surface area (Å²) in [5.74, 6) is -0.140. The number of carbonyl (C=O) groups excluding carboxylic acids is 2. The number of benzene rings is 2. The number of hydrogen-bond donors (Lipinski definition) is 1. The minimum absolute atomic E-state index is 0.0156. The molecule has 2 heterocycles. The van der Waals surface area contributed by atoms with Gasteiger partial charge in [-0.2, -0.15) is 0 Å². The molecule has 2 aromatic carbocycles. The van der Waals surface area contributed by atoms with E-state index in [9.17, 15) is 14.7 Å². The first-order valence-corrected chi connectivity index (χ1v) is 11.9. The Balaban J connectivity index is 1.84. The highest BCUT2D eigenvalue weighted by molar-refractivity contribution is 6.46. The van der Waals surface area contributed by atoms with Crippen molar-refractivity contribution in [1.29, 1.82) is 0 Å². The van der Waals surface area contributed by atoms with Crippen LogP contribution in [0.5, 0.6) is 17.2 Å². The quantitative estimate of drug-likeness (QED) is 0.339. The minimum Gasteiger partial charge on any atom is -0.507 e. The lowest BCUT2D eigenvalue weighted by atomic mass is 9.93. The molecule has 2 fully saturated rings. The summed E-state index contributed by atoms with van der Waals surface area (Å²) in [7, 11) is 4.59. The number of rotatable bonds is 8. The molecule has 1 atom stereocenters. The molecule has 0 aliphatic carbocycles. The number of Topliss-reactive ketones (excluding diaryl/α,β-unsaturated/α-hetero) is 1. The summed E-state index contributed by atoms with van der Waals surface area (Å²) in [5, 5.41) is 11.4. The number of amides is 1. The zero-order valence-electron chi connectivity index (χ0n) is 21.1. The molecule has 0 saturated carbocycles. The van der Waals surface area contributed by atoms with E-state index in [4.69, 9.17) is 18.9 Å². The van der Waals surface area contributed by atoms with Gasteiger partial charge in [0.25, 0.3) is 11.7 Å². The zero-order chi connectivity index (χ0) is 25.8. The van der Waals surface area contributed by atoms with Gasteiger partial charge in [0, 0.05) is 37.3 Å². The number of carbonyl (C=O) groups is 2. The van der Waals surface area contributed by atoms with E-state index in [-0.39, 0.29) is 11.3 Å².